The van der Waals surface area contributed by atoms with E-state index in [1.807, 2.05) is 42.2 Å². The van der Waals surface area contributed by atoms with Crippen LogP contribution in [0.3, 0.4) is 0 Å². The Kier molecular flexibility index (Phi) is 5.59. The number of aryl methyl sites for hydroxylation is 1. The summed E-state index contributed by atoms with van der Waals surface area (Å²) in [5, 5.41) is 1.46. The van der Waals surface area contributed by atoms with E-state index < -0.39 is 9.84 Å². The zero-order valence-electron chi connectivity index (χ0n) is 17.8. The first kappa shape index (κ1) is 21.6. The van der Waals surface area contributed by atoms with Crippen molar-refractivity contribution < 1.29 is 13.2 Å². The number of thioether (sulfide) groups is 1. The quantitative estimate of drug-likeness (QED) is 0.534. The van der Waals surface area contributed by atoms with Gasteiger partial charge in [0.15, 0.2) is 15.0 Å². The Bertz CT molecular complexity index is 1330. The summed E-state index contributed by atoms with van der Waals surface area (Å²) >= 11 is 3.07. The number of rotatable bonds is 4. The molecule has 5 rings (SSSR count). The predicted molar refractivity (Wildman–Crippen MR) is 133 cm³/mol. The largest absolute Gasteiger partial charge is 0.316 e. The highest BCUT2D eigenvalue weighted by Gasteiger charge is 2.49. The maximum Gasteiger partial charge on any atom is 0.248 e. The van der Waals surface area contributed by atoms with E-state index in [0.29, 0.717) is 11.6 Å². The van der Waals surface area contributed by atoms with Gasteiger partial charge in [0.2, 0.25) is 5.91 Å². The van der Waals surface area contributed by atoms with Crippen molar-refractivity contribution in [2.45, 2.75) is 38.0 Å². The molecule has 0 aliphatic carbocycles. The number of hydrogen-bond acceptors (Lipinski definition) is 6. The number of anilines is 1. The van der Waals surface area contributed by atoms with E-state index in [1.54, 1.807) is 11.3 Å². The van der Waals surface area contributed by atoms with Gasteiger partial charge < -0.3 is 4.90 Å². The van der Waals surface area contributed by atoms with Crippen LogP contribution in [0.15, 0.2) is 47.5 Å². The summed E-state index contributed by atoms with van der Waals surface area (Å²) in [4.78, 5) is 23.2. The first-order valence-electron chi connectivity index (χ1n) is 10.6. The Balaban J connectivity index is 1.48. The fourth-order valence-corrected chi connectivity index (χ4v) is 9.16. The number of nitrogens with zero attached hydrogens (tertiary/aromatic N) is 3. The van der Waals surface area contributed by atoms with Gasteiger partial charge in [0.05, 0.1) is 27.8 Å². The molecule has 3 aromatic rings. The monoisotopic (exact) mass is 485 g/mol. The van der Waals surface area contributed by atoms with Crippen molar-refractivity contribution in [2.75, 3.05) is 16.4 Å². The third-order valence-corrected chi connectivity index (χ3v) is 9.96. The Morgan fingerprint density at radius 2 is 1.97 bits per heavy atom. The van der Waals surface area contributed by atoms with Gasteiger partial charge in [-0.2, -0.15) is 4.99 Å². The zero-order chi connectivity index (χ0) is 22.5. The molecular weight excluding hydrogens is 462 g/mol. The maximum atomic E-state index is 12.2. The maximum absolute atomic E-state index is 12.2. The average Bonchev–Trinajstić information content (AvgIpc) is 3.37. The molecule has 2 saturated heterocycles. The van der Waals surface area contributed by atoms with Crippen molar-refractivity contribution in [2.24, 2.45) is 4.99 Å². The van der Waals surface area contributed by atoms with Gasteiger partial charge in [-0.1, -0.05) is 24.8 Å². The number of benzene rings is 2. The van der Waals surface area contributed by atoms with Crippen molar-refractivity contribution in [1.82, 2.24) is 4.98 Å². The molecule has 2 aliphatic heterocycles. The molecule has 0 unspecified atom stereocenters. The van der Waals surface area contributed by atoms with E-state index in [1.165, 1.54) is 17.3 Å². The molecule has 32 heavy (non-hydrogen) atoms. The summed E-state index contributed by atoms with van der Waals surface area (Å²) in [7, 11) is -3.09. The molecule has 1 amide bonds. The van der Waals surface area contributed by atoms with E-state index in [4.69, 9.17) is 4.98 Å². The molecule has 0 radical (unpaired) electrons. The lowest BCUT2D eigenvalue weighted by molar-refractivity contribution is -0.117. The van der Waals surface area contributed by atoms with E-state index in [-0.39, 0.29) is 28.7 Å². The molecule has 2 aromatic carbocycles. The number of amidine groups is 1. The topological polar surface area (TPSA) is 79.7 Å². The molecule has 2 atom stereocenters. The van der Waals surface area contributed by atoms with Crippen molar-refractivity contribution in [1.29, 1.82) is 0 Å². The molecule has 166 valence electrons. The van der Waals surface area contributed by atoms with Gasteiger partial charge in [-0.25, -0.2) is 13.4 Å². The van der Waals surface area contributed by atoms with Crippen molar-refractivity contribution in [3.05, 3.63) is 48.0 Å². The number of carbonyl (C=O) groups excluding carboxylic acids is 1. The Labute approximate surface area is 195 Å². The minimum Gasteiger partial charge on any atom is -0.316 e. The predicted octanol–water partition coefficient (Wildman–Crippen LogP) is 4.67. The number of fused-ring (bicyclic) bond motifs is 2. The minimum atomic E-state index is -3.09. The molecule has 2 fully saturated rings. The second-order valence-electron chi connectivity index (χ2n) is 8.25. The molecule has 6 nitrogen and oxygen atoms in total. The van der Waals surface area contributed by atoms with Gasteiger partial charge in [-0.3, -0.25) is 4.79 Å². The van der Waals surface area contributed by atoms with Crippen LogP contribution in [0, 0.1) is 6.92 Å². The van der Waals surface area contributed by atoms with Crippen LogP contribution in [-0.2, 0) is 14.6 Å². The van der Waals surface area contributed by atoms with Gasteiger partial charge >= 0.3 is 0 Å². The number of amides is 1. The lowest BCUT2D eigenvalue weighted by atomic mass is 10.1. The lowest BCUT2D eigenvalue weighted by Gasteiger charge is -2.24. The number of aromatic nitrogens is 1. The Morgan fingerprint density at radius 1 is 1.19 bits per heavy atom. The van der Waals surface area contributed by atoms with Crippen molar-refractivity contribution >= 4 is 59.9 Å². The molecule has 2 aliphatic rings. The smallest absolute Gasteiger partial charge is 0.248 e. The number of hydrogen-bond donors (Lipinski definition) is 0. The molecule has 0 spiro atoms. The first-order valence-corrected chi connectivity index (χ1v) is 14.1. The van der Waals surface area contributed by atoms with Gasteiger partial charge in [0.25, 0.3) is 0 Å². The van der Waals surface area contributed by atoms with E-state index in [0.717, 1.165) is 32.9 Å². The first-order chi connectivity index (χ1) is 15.3. The standard InChI is InChI=1S/C23H23N3O3S3/c1-3-4-21(27)25-23-26(18-12-32(28,29)13-20(18)31-23)16-8-6-15(7-9-16)22-24-17-10-5-14(2)11-19(17)30-22/h5-11,18,20H,3-4,12-13H2,1-2H3/t18-,20+/m0/s1. The highest BCUT2D eigenvalue weighted by atomic mass is 32.2. The van der Waals surface area contributed by atoms with E-state index in [9.17, 15) is 13.2 Å². The molecule has 3 heterocycles. The lowest BCUT2D eigenvalue weighted by Crippen LogP contribution is -2.37. The minimum absolute atomic E-state index is 0.0879. The Morgan fingerprint density at radius 3 is 2.72 bits per heavy atom. The zero-order valence-corrected chi connectivity index (χ0v) is 20.3. The second kappa shape index (κ2) is 8.28. The van der Waals surface area contributed by atoms with Crippen LogP contribution in [0.1, 0.15) is 25.3 Å². The number of aliphatic imine (C=N–C) groups is 1. The second-order valence-corrected chi connectivity index (χ2v) is 12.6. The van der Waals surface area contributed by atoms with Crippen LogP contribution in [0.5, 0.6) is 0 Å². The van der Waals surface area contributed by atoms with Crippen LogP contribution in [0.2, 0.25) is 0 Å². The van der Waals surface area contributed by atoms with Crippen LogP contribution in [0.4, 0.5) is 5.69 Å². The average molecular weight is 486 g/mol. The molecule has 0 bridgehead atoms. The van der Waals surface area contributed by atoms with Crippen LogP contribution < -0.4 is 4.90 Å². The highest BCUT2D eigenvalue weighted by molar-refractivity contribution is 8.16. The van der Waals surface area contributed by atoms with Gasteiger partial charge in [-0.15, -0.1) is 11.3 Å². The van der Waals surface area contributed by atoms with Gasteiger partial charge in [0, 0.05) is 22.9 Å². The highest BCUT2D eigenvalue weighted by Crippen LogP contribution is 2.41. The summed E-state index contributed by atoms with van der Waals surface area (Å²) in [6, 6.07) is 14.0. The number of carbonyl (C=O) groups is 1. The van der Waals surface area contributed by atoms with Gasteiger partial charge in [-0.05, 0) is 55.3 Å². The summed E-state index contributed by atoms with van der Waals surface area (Å²) < 4.78 is 25.6. The summed E-state index contributed by atoms with van der Waals surface area (Å²) in [6.07, 6.45) is 1.12. The SMILES string of the molecule is CCCC(=O)N=C1S[C@@H]2CS(=O)(=O)C[C@@H]2N1c1ccc(-c2nc3ccc(C)cc3s2)cc1. The van der Waals surface area contributed by atoms with E-state index >= 15 is 0 Å². The molecular formula is C23H23N3O3S3. The fraction of sp³-hybridized carbons (Fsp3) is 0.348. The molecule has 9 heteroatoms. The molecule has 1 aromatic heterocycles. The summed E-state index contributed by atoms with van der Waals surface area (Å²) in [5.74, 6) is 0.0532. The fourth-order valence-electron chi connectivity index (χ4n) is 4.16. The molecule has 0 N–H and O–H groups in total. The Hall–Kier alpha value is -2.23. The molecule has 0 saturated carbocycles. The van der Waals surface area contributed by atoms with Crippen LogP contribution in [0.25, 0.3) is 20.8 Å². The van der Waals surface area contributed by atoms with Crippen LogP contribution in [-0.4, -0.2) is 47.3 Å². The van der Waals surface area contributed by atoms with Gasteiger partial charge in [0.1, 0.15) is 5.01 Å². The number of sulfone groups is 1. The third-order valence-electron chi connectivity index (χ3n) is 5.69. The number of thiazole rings is 1. The van der Waals surface area contributed by atoms with E-state index in [2.05, 4.69) is 24.0 Å². The van der Waals surface area contributed by atoms with Crippen molar-refractivity contribution in [3.8, 4) is 10.6 Å². The van der Waals surface area contributed by atoms with Crippen molar-refractivity contribution in [3.63, 3.8) is 0 Å². The van der Waals surface area contributed by atoms with Crippen LogP contribution >= 0.6 is 23.1 Å². The third kappa shape index (κ3) is 4.09. The summed E-state index contributed by atoms with van der Waals surface area (Å²) in [6.45, 7) is 4.02. The normalized spacial score (nSPS) is 23.2. The summed E-state index contributed by atoms with van der Waals surface area (Å²) in [5.41, 5.74) is 4.06.